The second kappa shape index (κ2) is 10.1. The third-order valence-electron chi connectivity index (χ3n) is 7.79. The van der Waals surface area contributed by atoms with Gasteiger partial charge in [-0.2, -0.15) is 18.3 Å². The van der Waals surface area contributed by atoms with Crippen molar-refractivity contribution in [3.05, 3.63) is 75.1 Å². The smallest absolute Gasteiger partial charge is 0.384 e. The van der Waals surface area contributed by atoms with Gasteiger partial charge in [-0.25, -0.2) is 4.98 Å². The summed E-state index contributed by atoms with van der Waals surface area (Å²) in [5.41, 5.74) is 0.304. The third kappa shape index (κ3) is 5.19. The van der Waals surface area contributed by atoms with Crippen LogP contribution in [0.4, 0.5) is 13.2 Å². The first kappa shape index (κ1) is 29.0. The molecule has 5 heterocycles. The Morgan fingerprint density at radius 1 is 1.15 bits per heavy atom. The lowest BCUT2D eigenvalue weighted by atomic mass is 9.97. The number of hydrogen-bond donors (Lipinski definition) is 1. The summed E-state index contributed by atoms with van der Waals surface area (Å²) in [6.07, 6.45) is -1.94. The van der Waals surface area contributed by atoms with Gasteiger partial charge in [0.15, 0.2) is 0 Å². The Hall–Kier alpha value is -3.51. The van der Waals surface area contributed by atoms with E-state index in [0.717, 1.165) is 11.8 Å². The highest BCUT2D eigenvalue weighted by molar-refractivity contribution is 6.31. The molecule has 1 N–H and O–H groups in total. The van der Waals surface area contributed by atoms with Crippen LogP contribution in [0.5, 0.6) is 0 Å². The van der Waals surface area contributed by atoms with E-state index in [-0.39, 0.29) is 36.3 Å². The van der Waals surface area contributed by atoms with Crippen LogP contribution in [0.25, 0.3) is 0 Å². The van der Waals surface area contributed by atoms with Gasteiger partial charge in [0.1, 0.15) is 17.0 Å². The summed E-state index contributed by atoms with van der Waals surface area (Å²) in [6.45, 7) is 9.31. The first-order valence-electron chi connectivity index (χ1n) is 13.2. The van der Waals surface area contributed by atoms with Crippen LogP contribution in [0.3, 0.4) is 0 Å². The molecular weight excluding hydrogens is 561 g/mol. The van der Waals surface area contributed by atoms with Gasteiger partial charge in [0.2, 0.25) is 0 Å². The maximum atomic E-state index is 13.9. The van der Waals surface area contributed by atoms with Crippen molar-refractivity contribution in [1.82, 2.24) is 29.5 Å². The molecule has 2 aliphatic heterocycles. The van der Waals surface area contributed by atoms with Crippen molar-refractivity contribution in [2.24, 2.45) is 0 Å². The number of aromatic nitrogens is 4. The van der Waals surface area contributed by atoms with Crippen LogP contribution in [0.15, 0.2) is 30.6 Å². The van der Waals surface area contributed by atoms with Gasteiger partial charge >= 0.3 is 6.18 Å². The van der Waals surface area contributed by atoms with E-state index in [9.17, 15) is 27.9 Å². The van der Waals surface area contributed by atoms with E-state index in [1.54, 1.807) is 42.6 Å². The van der Waals surface area contributed by atoms with Gasteiger partial charge in [-0.1, -0.05) is 17.7 Å². The zero-order valence-electron chi connectivity index (χ0n) is 23.2. The van der Waals surface area contributed by atoms with E-state index in [1.807, 2.05) is 19.9 Å². The molecule has 2 amide bonds. The van der Waals surface area contributed by atoms with Crippen LogP contribution in [0, 0.1) is 0 Å². The van der Waals surface area contributed by atoms with Crippen LogP contribution >= 0.6 is 11.6 Å². The minimum atomic E-state index is -4.74. The van der Waals surface area contributed by atoms with Gasteiger partial charge in [-0.15, -0.1) is 0 Å². The molecule has 0 saturated heterocycles. The SMILES string of the molecule is C[C@@H]1Cc2nn3c(c2CN1C(=O)c1cc(C(F)(F)F)c(Cl)cn1)C(=O)N([C@@H](C)c1ccc(C(C)(C)O)nc1)C[C@H]3C. The molecule has 0 fully saturated rings. The summed E-state index contributed by atoms with van der Waals surface area (Å²) >= 11 is 5.70. The molecule has 0 bridgehead atoms. The minimum absolute atomic E-state index is 0.00115. The number of pyridine rings is 2. The molecule has 0 spiro atoms. The standard InChI is InChI=1S/C28H30ClF3N6O3/c1-14-8-21-18(13-36(14)25(39)22-9-19(28(30,31)32)20(29)11-33-22)24-26(40)37(12-15(2)38(24)35-21)16(3)17-6-7-23(34-10-17)27(4,5)41/h6-7,9-11,14-16,41H,8,12-13H2,1-5H3/t14-,15-,16+/m1/s1. The number of carbonyl (C=O) groups is 2. The van der Waals surface area contributed by atoms with E-state index < -0.39 is 28.3 Å². The van der Waals surface area contributed by atoms with E-state index in [4.69, 9.17) is 16.7 Å². The molecule has 3 aromatic rings. The summed E-state index contributed by atoms with van der Waals surface area (Å²) in [7, 11) is 0. The van der Waals surface area contributed by atoms with Gasteiger partial charge in [-0.05, 0) is 52.3 Å². The topological polar surface area (TPSA) is 104 Å². The van der Waals surface area contributed by atoms with Gasteiger partial charge in [0.05, 0.1) is 40.6 Å². The predicted octanol–water partition coefficient (Wildman–Crippen LogP) is 4.94. The molecule has 218 valence electrons. The molecular formula is C28H30ClF3N6O3. The number of amides is 2. The largest absolute Gasteiger partial charge is 0.417 e. The molecule has 0 aliphatic carbocycles. The number of halogens is 4. The maximum absolute atomic E-state index is 13.9. The van der Waals surface area contributed by atoms with Crippen LogP contribution in [0.1, 0.15) is 95.8 Å². The van der Waals surface area contributed by atoms with E-state index >= 15 is 0 Å². The molecule has 0 radical (unpaired) electrons. The Morgan fingerprint density at radius 3 is 2.46 bits per heavy atom. The Balaban J connectivity index is 1.45. The van der Waals surface area contributed by atoms with Crippen LogP contribution in [-0.2, 0) is 24.7 Å². The third-order valence-corrected chi connectivity index (χ3v) is 8.09. The molecule has 0 unspecified atom stereocenters. The molecule has 13 heteroatoms. The number of fused-ring (bicyclic) bond motifs is 3. The van der Waals surface area contributed by atoms with Crippen LogP contribution < -0.4 is 0 Å². The van der Waals surface area contributed by atoms with Crippen molar-refractivity contribution in [3.8, 4) is 0 Å². The summed E-state index contributed by atoms with van der Waals surface area (Å²) in [6, 6.07) is 3.34. The van der Waals surface area contributed by atoms with Gasteiger partial charge in [-0.3, -0.25) is 19.3 Å². The van der Waals surface area contributed by atoms with Crippen molar-refractivity contribution < 1.29 is 27.9 Å². The predicted molar refractivity (Wildman–Crippen MR) is 143 cm³/mol. The Kier molecular flexibility index (Phi) is 7.14. The van der Waals surface area contributed by atoms with Gasteiger partial charge in [0, 0.05) is 37.0 Å². The maximum Gasteiger partial charge on any atom is 0.417 e. The Labute approximate surface area is 239 Å². The molecule has 3 atom stereocenters. The number of carbonyl (C=O) groups excluding carboxylic acids is 2. The molecule has 0 saturated carbocycles. The van der Waals surface area contributed by atoms with Crippen molar-refractivity contribution in [2.45, 2.75) is 77.5 Å². The quantitative estimate of drug-likeness (QED) is 0.462. The van der Waals surface area contributed by atoms with Crippen molar-refractivity contribution in [3.63, 3.8) is 0 Å². The van der Waals surface area contributed by atoms with Crippen molar-refractivity contribution >= 4 is 23.4 Å². The zero-order chi connectivity index (χ0) is 30.0. The normalized spacial score (nSPS) is 20.1. The summed E-state index contributed by atoms with van der Waals surface area (Å²) in [4.78, 5) is 38.7. The van der Waals surface area contributed by atoms with E-state index in [0.29, 0.717) is 41.7 Å². The number of hydrogen-bond acceptors (Lipinski definition) is 6. The number of rotatable bonds is 4. The van der Waals surface area contributed by atoms with Crippen molar-refractivity contribution in [1.29, 1.82) is 0 Å². The lowest BCUT2D eigenvalue weighted by Gasteiger charge is -2.37. The highest BCUT2D eigenvalue weighted by Crippen LogP contribution is 2.37. The highest BCUT2D eigenvalue weighted by atomic mass is 35.5. The fourth-order valence-electron chi connectivity index (χ4n) is 5.41. The monoisotopic (exact) mass is 590 g/mol. The lowest BCUT2D eigenvalue weighted by Crippen LogP contribution is -2.45. The zero-order valence-corrected chi connectivity index (χ0v) is 24.0. The summed E-state index contributed by atoms with van der Waals surface area (Å²) < 4.78 is 42.0. The molecule has 9 nitrogen and oxygen atoms in total. The molecule has 2 aliphatic rings. The molecule has 3 aromatic heterocycles. The molecule has 5 rings (SSSR count). The van der Waals surface area contributed by atoms with Gasteiger partial charge < -0.3 is 14.9 Å². The second-order valence-corrected chi connectivity index (χ2v) is 11.7. The summed E-state index contributed by atoms with van der Waals surface area (Å²) in [5, 5.41) is 14.4. The van der Waals surface area contributed by atoms with Crippen LogP contribution in [0.2, 0.25) is 5.02 Å². The number of aliphatic hydroxyl groups is 1. The minimum Gasteiger partial charge on any atom is -0.384 e. The van der Waals surface area contributed by atoms with Gasteiger partial charge in [0.25, 0.3) is 11.8 Å². The second-order valence-electron chi connectivity index (χ2n) is 11.3. The lowest BCUT2D eigenvalue weighted by molar-refractivity contribution is -0.137. The number of alkyl halides is 3. The van der Waals surface area contributed by atoms with Crippen molar-refractivity contribution in [2.75, 3.05) is 6.54 Å². The Morgan fingerprint density at radius 2 is 1.85 bits per heavy atom. The number of nitrogens with zero attached hydrogens (tertiary/aromatic N) is 6. The fourth-order valence-corrected chi connectivity index (χ4v) is 5.62. The molecule has 41 heavy (non-hydrogen) atoms. The van der Waals surface area contributed by atoms with E-state index in [1.165, 1.54) is 4.90 Å². The van der Waals surface area contributed by atoms with E-state index in [2.05, 4.69) is 9.97 Å². The molecule has 0 aromatic carbocycles. The Bertz CT molecular complexity index is 1520. The summed E-state index contributed by atoms with van der Waals surface area (Å²) in [5.74, 6) is -0.952. The first-order chi connectivity index (χ1) is 19.1. The van der Waals surface area contributed by atoms with Crippen LogP contribution in [-0.4, -0.2) is 59.1 Å². The average molecular weight is 591 g/mol. The fraction of sp³-hybridized carbons (Fsp3) is 0.464. The average Bonchev–Trinajstić information content (AvgIpc) is 3.27. The first-order valence-corrected chi connectivity index (χ1v) is 13.6. The highest BCUT2D eigenvalue weighted by Gasteiger charge is 2.41.